The first-order chi connectivity index (χ1) is 7.60. The highest BCUT2D eigenvalue weighted by Gasteiger charge is 2.15. The molecule has 0 aliphatic carbocycles. The van der Waals surface area contributed by atoms with E-state index in [1.54, 1.807) is 0 Å². The van der Waals surface area contributed by atoms with Crippen molar-refractivity contribution >= 4 is 0 Å². The van der Waals surface area contributed by atoms with Crippen LogP contribution in [0.5, 0.6) is 5.75 Å². The molecule has 0 fully saturated rings. The predicted molar refractivity (Wildman–Crippen MR) is 58.1 cm³/mol. The Kier molecular flexibility index (Phi) is 4.64. The third kappa shape index (κ3) is 2.90. The second-order valence-corrected chi connectivity index (χ2v) is 3.49. The fourth-order valence-corrected chi connectivity index (χ4v) is 1.28. The van der Waals surface area contributed by atoms with Gasteiger partial charge in [-0.25, -0.2) is 8.78 Å². The Balaban J connectivity index is 2.97. The van der Waals surface area contributed by atoms with Gasteiger partial charge >= 0.3 is 0 Å². The summed E-state index contributed by atoms with van der Waals surface area (Å²) in [5.41, 5.74) is 10.9. The van der Waals surface area contributed by atoms with Crippen LogP contribution in [0.4, 0.5) is 8.78 Å². The van der Waals surface area contributed by atoms with Crippen molar-refractivity contribution in [2.45, 2.75) is 19.4 Å². The number of hydrogen-bond donors (Lipinski definition) is 2. The second-order valence-electron chi connectivity index (χ2n) is 3.49. The molecule has 0 aromatic heterocycles. The maximum atomic E-state index is 13.5. The summed E-state index contributed by atoms with van der Waals surface area (Å²) in [6, 6.07) is 1.35. The third-order valence-electron chi connectivity index (χ3n) is 2.17. The van der Waals surface area contributed by atoms with Crippen molar-refractivity contribution in [3.05, 3.63) is 29.3 Å². The van der Waals surface area contributed by atoms with Crippen LogP contribution in [0.3, 0.4) is 0 Å². The molecule has 3 nitrogen and oxygen atoms in total. The van der Waals surface area contributed by atoms with E-state index in [1.807, 2.05) is 6.92 Å². The van der Waals surface area contributed by atoms with Gasteiger partial charge in [-0.2, -0.15) is 0 Å². The SMILES string of the molecule is CCCOc1cc(F)c(C(N)CN)cc1F. The maximum Gasteiger partial charge on any atom is 0.165 e. The van der Waals surface area contributed by atoms with E-state index >= 15 is 0 Å². The van der Waals surface area contributed by atoms with Gasteiger partial charge in [-0.3, -0.25) is 0 Å². The Bertz CT molecular complexity index is 358. The highest BCUT2D eigenvalue weighted by Crippen LogP contribution is 2.24. The Morgan fingerprint density at radius 2 is 2.00 bits per heavy atom. The lowest BCUT2D eigenvalue weighted by molar-refractivity contribution is 0.299. The summed E-state index contributed by atoms with van der Waals surface area (Å²) in [6.07, 6.45) is 0.727. The molecular weight excluding hydrogens is 214 g/mol. The lowest BCUT2D eigenvalue weighted by atomic mass is 10.1. The van der Waals surface area contributed by atoms with Gasteiger partial charge in [0.1, 0.15) is 5.82 Å². The summed E-state index contributed by atoms with van der Waals surface area (Å²) in [5, 5.41) is 0. The summed E-state index contributed by atoms with van der Waals surface area (Å²) in [5.74, 6) is -1.30. The van der Waals surface area contributed by atoms with Gasteiger partial charge < -0.3 is 16.2 Å². The topological polar surface area (TPSA) is 61.3 Å². The van der Waals surface area contributed by atoms with Crippen molar-refractivity contribution in [1.82, 2.24) is 0 Å². The first-order valence-electron chi connectivity index (χ1n) is 5.17. The Morgan fingerprint density at radius 3 is 2.56 bits per heavy atom. The van der Waals surface area contributed by atoms with E-state index in [1.165, 1.54) is 0 Å². The molecule has 0 amide bonds. The van der Waals surface area contributed by atoms with E-state index in [9.17, 15) is 8.78 Å². The molecule has 1 unspecified atom stereocenters. The molecule has 0 bridgehead atoms. The minimum atomic E-state index is -0.699. The first kappa shape index (κ1) is 12.9. The molecule has 1 rings (SSSR count). The monoisotopic (exact) mass is 230 g/mol. The molecule has 0 saturated carbocycles. The van der Waals surface area contributed by atoms with Crippen molar-refractivity contribution in [3.63, 3.8) is 0 Å². The van der Waals surface area contributed by atoms with E-state index in [4.69, 9.17) is 16.2 Å². The van der Waals surface area contributed by atoms with Crippen LogP contribution in [0.15, 0.2) is 12.1 Å². The summed E-state index contributed by atoms with van der Waals surface area (Å²) in [7, 11) is 0. The zero-order valence-electron chi connectivity index (χ0n) is 9.17. The van der Waals surface area contributed by atoms with E-state index < -0.39 is 17.7 Å². The van der Waals surface area contributed by atoms with Gasteiger partial charge in [0, 0.05) is 24.2 Å². The van der Waals surface area contributed by atoms with Crippen LogP contribution in [0.2, 0.25) is 0 Å². The molecule has 0 aliphatic heterocycles. The molecule has 4 N–H and O–H groups in total. The van der Waals surface area contributed by atoms with E-state index in [-0.39, 0.29) is 17.9 Å². The Morgan fingerprint density at radius 1 is 1.31 bits per heavy atom. The zero-order chi connectivity index (χ0) is 12.1. The quantitative estimate of drug-likeness (QED) is 0.809. The van der Waals surface area contributed by atoms with Gasteiger partial charge in [-0.15, -0.1) is 0 Å². The molecular formula is C11H16F2N2O. The van der Waals surface area contributed by atoms with Crippen molar-refractivity contribution in [2.24, 2.45) is 11.5 Å². The highest BCUT2D eigenvalue weighted by atomic mass is 19.1. The molecule has 1 aromatic rings. The number of halogens is 2. The fraction of sp³-hybridized carbons (Fsp3) is 0.455. The summed E-state index contributed by atoms with van der Waals surface area (Å²) >= 11 is 0. The number of rotatable bonds is 5. The largest absolute Gasteiger partial charge is 0.490 e. The number of nitrogens with two attached hydrogens (primary N) is 2. The van der Waals surface area contributed by atoms with Gasteiger partial charge in [0.25, 0.3) is 0 Å². The van der Waals surface area contributed by atoms with Crippen LogP contribution in [0, 0.1) is 11.6 Å². The summed E-state index contributed by atoms with van der Waals surface area (Å²) in [6.45, 7) is 2.29. The van der Waals surface area contributed by atoms with Crippen LogP contribution in [-0.4, -0.2) is 13.2 Å². The average molecular weight is 230 g/mol. The number of benzene rings is 1. The van der Waals surface area contributed by atoms with Gasteiger partial charge in [0.15, 0.2) is 11.6 Å². The van der Waals surface area contributed by atoms with Gasteiger partial charge in [0.05, 0.1) is 6.61 Å². The van der Waals surface area contributed by atoms with Crippen LogP contribution in [0.25, 0.3) is 0 Å². The van der Waals surface area contributed by atoms with Gasteiger partial charge in [-0.1, -0.05) is 6.92 Å². The molecule has 0 radical (unpaired) electrons. The molecule has 0 spiro atoms. The van der Waals surface area contributed by atoms with Gasteiger partial charge in [0.2, 0.25) is 0 Å². The molecule has 0 saturated heterocycles. The van der Waals surface area contributed by atoms with Crippen LogP contribution >= 0.6 is 0 Å². The standard InChI is InChI=1S/C11H16F2N2O/c1-2-3-16-11-5-8(12)7(4-9(11)13)10(15)6-14/h4-5,10H,2-3,6,14-15H2,1H3. The van der Waals surface area contributed by atoms with Gasteiger partial charge in [-0.05, 0) is 12.5 Å². The number of ether oxygens (including phenoxy) is 1. The van der Waals surface area contributed by atoms with E-state index in [0.717, 1.165) is 18.6 Å². The predicted octanol–water partition coefficient (Wildman–Crippen LogP) is 1.71. The van der Waals surface area contributed by atoms with Crippen molar-refractivity contribution in [3.8, 4) is 5.75 Å². The zero-order valence-corrected chi connectivity index (χ0v) is 9.17. The van der Waals surface area contributed by atoms with Crippen molar-refractivity contribution in [2.75, 3.05) is 13.2 Å². The molecule has 5 heteroatoms. The number of hydrogen-bond acceptors (Lipinski definition) is 3. The van der Waals surface area contributed by atoms with Crippen molar-refractivity contribution < 1.29 is 13.5 Å². The summed E-state index contributed by atoms with van der Waals surface area (Å²) in [4.78, 5) is 0. The molecule has 0 heterocycles. The molecule has 1 atom stereocenters. The molecule has 0 aliphatic rings. The highest BCUT2D eigenvalue weighted by molar-refractivity contribution is 5.32. The normalized spacial score (nSPS) is 12.6. The second kappa shape index (κ2) is 5.77. The average Bonchev–Trinajstić information content (AvgIpc) is 2.28. The van der Waals surface area contributed by atoms with Crippen LogP contribution in [0.1, 0.15) is 24.9 Å². The Labute approximate surface area is 93.4 Å². The smallest absolute Gasteiger partial charge is 0.165 e. The fourth-order valence-electron chi connectivity index (χ4n) is 1.28. The van der Waals surface area contributed by atoms with E-state index in [0.29, 0.717) is 6.61 Å². The molecule has 90 valence electrons. The maximum absolute atomic E-state index is 13.5. The van der Waals surface area contributed by atoms with Crippen LogP contribution < -0.4 is 16.2 Å². The first-order valence-corrected chi connectivity index (χ1v) is 5.17. The van der Waals surface area contributed by atoms with Crippen molar-refractivity contribution in [1.29, 1.82) is 0 Å². The third-order valence-corrected chi connectivity index (χ3v) is 2.17. The molecule has 16 heavy (non-hydrogen) atoms. The van der Waals surface area contributed by atoms with Crippen LogP contribution in [-0.2, 0) is 0 Å². The lowest BCUT2D eigenvalue weighted by Crippen LogP contribution is -2.22. The lowest BCUT2D eigenvalue weighted by Gasteiger charge is -2.13. The molecule has 1 aromatic carbocycles. The minimum Gasteiger partial charge on any atom is -0.490 e. The minimum absolute atomic E-state index is 0.0610. The van der Waals surface area contributed by atoms with E-state index in [2.05, 4.69) is 0 Å². The Hall–Kier alpha value is -1.20. The summed E-state index contributed by atoms with van der Waals surface area (Å²) < 4.78 is 32.0.